The largest absolute Gasteiger partial charge is 0.381 e. The minimum absolute atomic E-state index is 0.281. The number of carbonyl (C=O) groups is 1. The molecule has 0 atom stereocenters. The molecular weight excluding hydrogens is 178 g/mol. The Morgan fingerprint density at radius 1 is 1.43 bits per heavy atom. The number of carbonyl (C=O) groups excluding carboxylic acids is 1. The van der Waals surface area contributed by atoms with Crippen molar-refractivity contribution in [1.82, 2.24) is 4.90 Å². The lowest BCUT2D eigenvalue weighted by atomic mass is 10.00. The van der Waals surface area contributed by atoms with Gasteiger partial charge in [-0.25, -0.2) is 0 Å². The van der Waals surface area contributed by atoms with Gasteiger partial charge in [0.1, 0.15) is 5.78 Å². The summed E-state index contributed by atoms with van der Waals surface area (Å²) in [6.45, 7) is 5.47. The number of ether oxygens (including phenoxy) is 1. The first-order chi connectivity index (χ1) is 6.68. The van der Waals surface area contributed by atoms with Crippen LogP contribution in [0.4, 0.5) is 0 Å². The highest BCUT2D eigenvalue weighted by molar-refractivity contribution is 5.75. The molecule has 0 spiro atoms. The van der Waals surface area contributed by atoms with Gasteiger partial charge in [-0.15, -0.1) is 0 Å². The Morgan fingerprint density at radius 3 is 2.64 bits per heavy atom. The minimum Gasteiger partial charge on any atom is -0.381 e. The highest BCUT2D eigenvalue weighted by atomic mass is 16.5. The van der Waals surface area contributed by atoms with Crippen LogP contribution in [0.25, 0.3) is 0 Å². The molecule has 14 heavy (non-hydrogen) atoms. The summed E-state index contributed by atoms with van der Waals surface area (Å²) in [5.41, 5.74) is 0. The van der Waals surface area contributed by atoms with Gasteiger partial charge in [0.15, 0.2) is 0 Å². The fourth-order valence-corrected chi connectivity index (χ4v) is 1.81. The monoisotopic (exact) mass is 199 g/mol. The number of hydrogen-bond acceptors (Lipinski definition) is 3. The van der Waals surface area contributed by atoms with Crippen LogP contribution in [0.3, 0.4) is 0 Å². The zero-order valence-electron chi connectivity index (χ0n) is 9.29. The Kier molecular flexibility index (Phi) is 5.12. The second kappa shape index (κ2) is 6.14. The summed E-state index contributed by atoms with van der Waals surface area (Å²) >= 11 is 0. The van der Waals surface area contributed by atoms with E-state index in [9.17, 15) is 4.79 Å². The molecule has 0 saturated carbocycles. The van der Waals surface area contributed by atoms with Gasteiger partial charge in [-0.05, 0) is 32.7 Å². The lowest BCUT2D eigenvalue weighted by Crippen LogP contribution is -2.30. The summed E-state index contributed by atoms with van der Waals surface area (Å²) in [4.78, 5) is 13.1. The molecule has 0 N–H and O–H groups in total. The number of Topliss-reactive ketones (excluding diaryl/α,β-unsaturated/α-hetero) is 1. The molecule has 3 nitrogen and oxygen atoms in total. The molecule has 1 rings (SSSR count). The number of hydrogen-bond donors (Lipinski definition) is 0. The predicted molar refractivity (Wildman–Crippen MR) is 56.3 cm³/mol. The van der Waals surface area contributed by atoms with Gasteiger partial charge in [0.2, 0.25) is 0 Å². The first-order valence-electron chi connectivity index (χ1n) is 5.44. The third-order valence-corrected chi connectivity index (χ3v) is 2.76. The van der Waals surface area contributed by atoms with E-state index in [0.29, 0.717) is 6.42 Å². The molecule has 0 aromatic carbocycles. The van der Waals surface area contributed by atoms with Crippen LogP contribution in [-0.2, 0) is 9.53 Å². The van der Waals surface area contributed by atoms with Crippen molar-refractivity contribution in [2.45, 2.75) is 26.2 Å². The van der Waals surface area contributed by atoms with E-state index in [1.807, 2.05) is 0 Å². The van der Waals surface area contributed by atoms with E-state index in [-0.39, 0.29) is 5.78 Å². The lowest BCUT2D eigenvalue weighted by molar-refractivity contribution is -0.117. The third kappa shape index (κ3) is 4.72. The van der Waals surface area contributed by atoms with Gasteiger partial charge in [0, 0.05) is 32.7 Å². The normalized spacial score (nSPS) is 18.8. The van der Waals surface area contributed by atoms with Gasteiger partial charge >= 0.3 is 0 Å². The van der Waals surface area contributed by atoms with Crippen molar-refractivity contribution in [2.75, 3.05) is 33.4 Å². The highest BCUT2D eigenvalue weighted by Crippen LogP contribution is 2.15. The van der Waals surface area contributed by atoms with E-state index in [2.05, 4.69) is 11.9 Å². The molecule has 0 radical (unpaired) electrons. The number of rotatable bonds is 5. The van der Waals surface area contributed by atoms with Crippen molar-refractivity contribution in [3.8, 4) is 0 Å². The molecule has 1 fully saturated rings. The van der Waals surface area contributed by atoms with Crippen LogP contribution in [0.1, 0.15) is 26.2 Å². The molecule has 1 saturated heterocycles. The van der Waals surface area contributed by atoms with E-state index in [1.165, 1.54) is 12.8 Å². The smallest absolute Gasteiger partial charge is 0.131 e. The summed E-state index contributed by atoms with van der Waals surface area (Å²) < 4.78 is 5.31. The molecule has 1 heterocycles. The van der Waals surface area contributed by atoms with Gasteiger partial charge in [-0.3, -0.25) is 4.79 Å². The fourth-order valence-electron chi connectivity index (χ4n) is 1.81. The zero-order valence-corrected chi connectivity index (χ0v) is 9.29. The first-order valence-corrected chi connectivity index (χ1v) is 5.44. The molecule has 0 unspecified atom stereocenters. The van der Waals surface area contributed by atoms with Crippen molar-refractivity contribution >= 4 is 5.78 Å². The SMILES string of the molecule is CC(=O)CCN(C)CC1CCOCC1. The van der Waals surface area contributed by atoms with Gasteiger partial charge in [0.25, 0.3) is 0 Å². The minimum atomic E-state index is 0.281. The van der Waals surface area contributed by atoms with Crippen LogP contribution in [0.2, 0.25) is 0 Å². The fraction of sp³-hybridized carbons (Fsp3) is 0.909. The van der Waals surface area contributed by atoms with E-state index in [0.717, 1.165) is 32.2 Å². The van der Waals surface area contributed by atoms with Gasteiger partial charge in [0.05, 0.1) is 0 Å². The summed E-state index contributed by atoms with van der Waals surface area (Å²) in [7, 11) is 2.10. The maximum atomic E-state index is 10.8. The van der Waals surface area contributed by atoms with Crippen molar-refractivity contribution in [2.24, 2.45) is 5.92 Å². The number of ketones is 1. The second-order valence-electron chi connectivity index (χ2n) is 4.27. The average molecular weight is 199 g/mol. The van der Waals surface area contributed by atoms with E-state index in [4.69, 9.17) is 4.74 Å². The lowest BCUT2D eigenvalue weighted by Gasteiger charge is -2.26. The van der Waals surface area contributed by atoms with Crippen LogP contribution < -0.4 is 0 Å². The maximum Gasteiger partial charge on any atom is 0.131 e. The van der Waals surface area contributed by atoms with Gasteiger partial charge in [-0.2, -0.15) is 0 Å². The molecular formula is C11H21NO2. The summed E-state index contributed by atoms with van der Waals surface area (Å²) in [5, 5.41) is 0. The average Bonchev–Trinajstić information content (AvgIpc) is 2.16. The molecule has 0 aliphatic carbocycles. The van der Waals surface area contributed by atoms with Crippen LogP contribution >= 0.6 is 0 Å². The molecule has 1 aliphatic rings. The van der Waals surface area contributed by atoms with Gasteiger partial charge < -0.3 is 9.64 Å². The third-order valence-electron chi connectivity index (χ3n) is 2.76. The molecule has 0 aromatic heterocycles. The number of nitrogens with zero attached hydrogens (tertiary/aromatic N) is 1. The highest BCUT2D eigenvalue weighted by Gasteiger charge is 2.15. The molecule has 0 amide bonds. The van der Waals surface area contributed by atoms with Crippen LogP contribution in [0, 0.1) is 5.92 Å². The van der Waals surface area contributed by atoms with E-state index < -0.39 is 0 Å². The summed E-state index contributed by atoms with van der Waals surface area (Å²) in [5.74, 6) is 1.05. The Bertz CT molecular complexity index is 176. The van der Waals surface area contributed by atoms with E-state index >= 15 is 0 Å². The van der Waals surface area contributed by atoms with Crippen molar-refractivity contribution < 1.29 is 9.53 Å². The molecule has 3 heteroatoms. The molecule has 1 aliphatic heterocycles. The summed E-state index contributed by atoms with van der Waals surface area (Å²) in [6.07, 6.45) is 3.02. The predicted octanol–water partition coefficient (Wildman–Crippen LogP) is 1.32. The van der Waals surface area contributed by atoms with Crippen LogP contribution in [0.5, 0.6) is 0 Å². The van der Waals surface area contributed by atoms with E-state index in [1.54, 1.807) is 6.92 Å². The topological polar surface area (TPSA) is 29.5 Å². The second-order valence-corrected chi connectivity index (χ2v) is 4.27. The molecule has 0 aromatic rings. The van der Waals surface area contributed by atoms with Crippen LogP contribution in [-0.4, -0.2) is 44.0 Å². The van der Waals surface area contributed by atoms with Crippen molar-refractivity contribution in [3.63, 3.8) is 0 Å². The first kappa shape index (κ1) is 11.7. The Labute approximate surface area is 86.4 Å². The van der Waals surface area contributed by atoms with Crippen LogP contribution in [0.15, 0.2) is 0 Å². The molecule has 0 bridgehead atoms. The van der Waals surface area contributed by atoms with Crippen molar-refractivity contribution in [3.05, 3.63) is 0 Å². The quantitative estimate of drug-likeness (QED) is 0.669. The molecule has 82 valence electrons. The van der Waals surface area contributed by atoms with Crippen molar-refractivity contribution in [1.29, 1.82) is 0 Å². The standard InChI is InChI=1S/C11H21NO2/c1-10(13)3-6-12(2)9-11-4-7-14-8-5-11/h11H,3-9H2,1-2H3. The zero-order chi connectivity index (χ0) is 10.4. The Morgan fingerprint density at radius 2 is 2.07 bits per heavy atom. The maximum absolute atomic E-state index is 10.8. The Balaban J connectivity index is 2.11. The van der Waals surface area contributed by atoms with Gasteiger partial charge in [-0.1, -0.05) is 0 Å². The summed E-state index contributed by atoms with van der Waals surface area (Å²) in [6, 6.07) is 0. The Hall–Kier alpha value is -0.410.